The molecule has 0 fully saturated rings. The minimum absolute atomic E-state index is 0.0505. The number of thioether (sulfide) groups is 1. The monoisotopic (exact) mass is 368 g/mol. The SMILES string of the molecule is C[C@H](NC1=NC(=O)C(C)(C(C)(C)C)S1)c1ccc(Br)cc1. The van der Waals surface area contributed by atoms with E-state index < -0.39 is 4.75 Å². The van der Waals surface area contributed by atoms with Crippen molar-refractivity contribution in [2.45, 2.75) is 45.4 Å². The molecule has 0 bridgehead atoms. The second-order valence-electron chi connectivity index (χ2n) is 6.52. The van der Waals surface area contributed by atoms with Gasteiger partial charge in [0.25, 0.3) is 5.91 Å². The number of nitrogens with zero attached hydrogens (tertiary/aromatic N) is 1. The predicted octanol–water partition coefficient (Wildman–Crippen LogP) is 4.53. The minimum Gasteiger partial charge on any atom is -0.358 e. The maximum Gasteiger partial charge on any atom is 0.265 e. The van der Waals surface area contributed by atoms with Gasteiger partial charge in [0.15, 0.2) is 5.17 Å². The maximum atomic E-state index is 12.3. The van der Waals surface area contributed by atoms with Crippen molar-refractivity contribution >= 4 is 38.8 Å². The van der Waals surface area contributed by atoms with Gasteiger partial charge in [0.1, 0.15) is 4.75 Å². The van der Waals surface area contributed by atoms with Crippen LogP contribution in [0.25, 0.3) is 0 Å². The number of hydrogen-bond donors (Lipinski definition) is 1. The summed E-state index contributed by atoms with van der Waals surface area (Å²) in [4.78, 5) is 16.5. The van der Waals surface area contributed by atoms with E-state index in [9.17, 15) is 4.79 Å². The topological polar surface area (TPSA) is 41.5 Å². The Morgan fingerprint density at radius 3 is 2.33 bits per heavy atom. The lowest BCUT2D eigenvalue weighted by Crippen LogP contribution is -2.41. The van der Waals surface area contributed by atoms with E-state index in [0.717, 1.165) is 4.47 Å². The molecule has 1 amide bonds. The minimum atomic E-state index is -0.505. The number of amidine groups is 1. The number of benzene rings is 1. The fourth-order valence-corrected chi connectivity index (χ4v) is 3.47. The van der Waals surface area contributed by atoms with Gasteiger partial charge in [0.2, 0.25) is 0 Å². The number of hydrogen-bond acceptors (Lipinski definition) is 3. The summed E-state index contributed by atoms with van der Waals surface area (Å²) in [7, 11) is 0. The van der Waals surface area contributed by atoms with Gasteiger partial charge in [-0.25, -0.2) is 0 Å². The summed E-state index contributed by atoms with van der Waals surface area (Å²) in [6.07, 6.45) is 0. The van der Waals surface area contributed by atoms with Crippen LogP contribution in [0.5, 0.6) is 0 Å². The Bertz CT molecular complexity index is 577. The Labute approximate surface area is 139 Å². The molecule has 21 heavy (non-hydrogen) atoms. The van der Waals surface area contributed by atoms with Crippen LogP contribution in [0.15, 0.2) is 33.7 Å². The van der Waals surface area contributed by atoms with Gasteiger partial charge in [0.05, 0.1) is 6.04 Å². The summed E-state index contributed by atoms with van der Waals surface area (Å²) >= 11 is 4.97. The van der Waals surface area contributed by atoms with E-state index in [1.807, 2.05) is 19.1 Å². The number of carbonyl (C=O) groups is 1. The standard InChI is InChI=1S/C16H21BrN2OS/c1-10(11-6-8-12(17)9-7-11)18-14-19-13(20)16(5,21-14)15(2,3)4/h6-10H,1-5H3,(H,18,19,20)/t10-,16?/m0/s1. The first kappa shape index (κ1) is 16.6. The Morgan fingerprint density at radius 1 is 1.29 bits per heavy atom. The molecule has 2 rings (SSSR count). The van der Waals surface area contributed by atoms with E-state index in [1.54, 1.807) is 0 Å². The van der Waals surface area contributed by atoms with Gasteiger partial charge >= 0.3 is 0 Å². The number of aliphatic imine (C=N–C) groups is 1. The van der Waals surface area contributed by atoms with Crippen molar-refractivity contribution in [3.63, 3.8) is 0 Å². The van der Waals surface area contributed by atoms with Gasteiger partial charge in [-0.3, -0.25) is 4.79 Å². The fraction of sp³-hybridized carbons (Fsp3) is 0.500. The molecule has 2 atom stereocenters. The van der Waals surface area contributed by atoms with Crippen LogP contribution in [0.1, 0.15) is 46.2 Å². The number of halogens is 1. The molecule has 0 spiro atoms. The lowest BCUT2D eigenvalue weighted by molar-refractivity contribution is -0.121. The number of rotatable bonds is 2. The molecule has 0 aromatic heterocycles. The third kappa shape index (κ3) is 3.34. The maximum absolute atomic E-state index is 12.3. The van der Waals surface area contributed by atoms with E-state index in [-0.39, 0.29) is 17.4 Å². The molecule has 1 aromatic rings. The van der Waals surface area contributed by atoms with Crippen LogP contribution in [0, 0.1) is 5.41 Å². The molecule has 3 nitrogen and oxygen atoms in total. The van der Waals surface area contributed by atoms with Gasteiger partial charge in [-0.2, -0.15) is 4.99 Å². The second kappa shape index (κ2) is 5.76. The van der Waals surface area contributed by atoms with E-state index >= 15 is 0 Å². The van der Waals surface area contributed by atoms with Crippen LogP contribution in [0.2, 0.25) is 0 Å². The van der Waals surface area contributed by atoms with E-state index in [0.29, 0.717) is 5.17 Å². The van der Waals surface area contributed by atoms with Gasteiger partial charge < -0.3 is 5.32 Å². The molecule has 1 unspecified atom stereocenters. The van der Waals surface area contributed by atoms with Crippen LogP contribution in [-0.4, -0.2) is 15.8 Å². The highest BCUT2D eigenvalue weighted by atomic mass is 79.9. The normalized spacial score (nSPS) is 23.9. The summed E-state index contributed by atoms with van der Waals surface area (Å²) in [6.45, 7) is 10.3. The molecule has 0 saturated heterocycles. The van der Waals surface area contributed by atoms with Crippen molar-refractivity contribution in [1.29, 1.82) is 0 Å². The first-order valence-corrected chi connectivity index (χ1v) is 8.58. The van der Waals surface area contributed by atoms with Crippen LogP contribution in [0.4, 0.5) is 0 Å². The summed E-state index contributed by atoms with van der Waals surface area (Å²) < 4.78 is 0.552. The summed E-state index contributed by atoms with van der Waals surface area (Å²) in [5.74, 6) is -0.0505. The van der Waals surface area contributed by atoms with Gasteiger partial charge in [0, 0.05) is 4.47 Å². The lowest BCUT2D eigenvalue weighted by Gasteiger charge is -2.34. The lowest BCUT2D eigenvalue weighted by atomic mass is 9.80. The molecule has 0 radical (unpaired) electrons. The highest BCUT2D eigenvalue weighted by Gasteiger charge is 2.50. The zero-order valence-electron chi connectivity index (χ0n) is 13.0. The molecule has 114 valence electrons. The number of nitrogens with one attached hydrogen (secondary N) is 1. The average Bonchev–Trinajstić information content (AvgIpc) is 2.66. The van der Waals surface area contributed by atoms with Gasteiger partial charge in [-0.1, -0.05) is 60.6 Å². The van der Waals surface area contributed by atoms with Gasteiger partial charge in [-0.05, 0) is 37.0 Å². The third-order valence-corrected chi connectivity index (χ3v) is 6.18. The molecule has 1 heterocycles. The molecule has 0 aliphatic carbocycles. The Kier molecular flexibility index (Phi) is 4.54. The Morgan fingerprint density at radius 2 is 1.86 bits per heavy atom. The van der Waals surface area contributed by atoms with Crippen molar-refractivity contribution in [2.24, 2.45) is 10.4 Å². The molecule has 1 N–H and O–H groups in total. The van der Waals surface area contributed by atoms with E-state index in [1.165, 1.54) is 17.3 Å². The Hall–Kier alpha value is -0.810. The highest BCUT2D eigenvalue weighted by Crippen LogP contribution is 2.46. The summed E-state index contributed by atoms with van der Waals surface area (Å²) in [5.41, 5.74) is 1.03. The van der Waals surface area contributed by atoms with Crippen molar-refractivity contribution in [1.82, 2.24) is 5.32 Å². The third-order valence-electron chi connectivity index (χ3n) is 4.05. The van der Waals surface area contributed by atoms with Crippen molar-refractivity contribution in [3.8, 4) is 0 Å². The fourth-order valence-electron chi connectivity index (χ4n) is 2.01. The largest absolute Gasteiger partial charge is 0.358 e. The molecule has 1 aliphatic heterocycles. The highest BCUT2D eigenvalue weighted by molar-refractivity contribution is 9.10. The molecular weight excluding hydrogens is 348 g/mol. The summed E-state index contributed by atoms with van der Waals surface area (Å²) in [6, 6.07) is 8.27. The number of amides is 1. The van der Waals surface area contributed by atoms with Crippen LogP contribution < -0.4 is 5.32 Å². The first-order valence-electron chi connectivity index (χ1n) is 6.97. The molecule has 1 aromatic carbocycles. The second-order valence-corrected chi connectivity index (χ2v) is 8.85. The summed E-state index contributed by atoms with van der Waals surface area (Å²) in [5, 5.41) is 4.06. The molecule has 0 saturated carbocycles. The van der Waals surface area contributed by atoms with Crippen molar-refractivity contribution < 1.29 is 4.79 Å². The molecule has 5 heteroatoms. The van der Waals surface area contributed by atoms with Crippen LogP contribution in [0.3, 0.4) is 0 Å². The quantitative estimate of drug-likeness (QED) is 0.833. The zero-order chi connectivity index (χ0) is 15.8. The smallest absolute Gasteiger partial charge is 0.265 e. The van der Waals surface area contributed by atoms with Crippen LogP contribution >= 0.6 is 27.7 Å². The number of carbonyl (C=O) groups excluding carboxylic acids is 1. The van der Waals surface area contributed by atoms with Crippen molar-refractivity contribution in [3.05, 3.63) is 34.3 Å². The van der Waals surface area contributed by atoms with Gasteiger partial charge in [-0.15, -0.1) is 0 Å². The van der Waals surface area contributed by atoms with Crippen LogP contribution in [-0.2, 0) is 4.79 Å². The average molecular weight is 369 g/mol. The predicted molar refractivity (Wildman–Crippen MR) is 93.6 cm³/mol. The van der Waals surface area contributed by atoms with E-state index in [2.05, 4.69) is 66.1 Å². The molecular formula is C16H21BrN2OS. The molecule has 1 aliphatic rings. The van der Waals surface area contributed by atoms with E-state index in [4.69, 9.17) is 0 Å². The van der Waals surface area contributed by atoms with Crippen molar-refractivity contribution in [2.75, 3.05) is 0 Å². The first-order chi connectivity index (χ1) is 9.63. The Balaban J connectivity index is 2.10. The zero-order valence-corrected chi connectivity index (χ0v) is 15.4.